The number of carbonyl (C=O) groups is 2. The smallest absolute Gasteiger partial charge is 0.269 e. The van der Waals surface area contributed by atoms with E-state index >= 15 is 0 Å². The molecule has 0 aromatic heterocycles. The molecule has 1 aliphatic rings. The maximum Gasteiger partial charge on any atom is 0.293 e. The predicted octanol–water partition coefficient (Wildman–Crippen LogP) is 4.05. The maximum absolute atomic E-state index is 11.9. The van der Waals surface area contributed by atoms with Gasteiger partial charge in [0.05, 0.1) is 4.91 Å². The van der Waals surface area contributed by atoms with E-state index in [-0.39, 0.29) is 11.1 Å². The van der Waals surface area contributed by atoms with Crippen LogP contribution in [0.15, 0.2) is 23.1 Å². The first-order valence-corrected chi connectivity index (χ1v) is 6.81. The van der Waals surface area contributed by atoms with Crippen molar-refractivity contribution in [2.24, 2.45) is 0 Å². The van der Waals surface area contributed by atoms with E-state index in [2.05, 4.69) is 0 Å². The van der Waals surface area contributed by atoms with E-state index in [1.807, 2.05) is 0 Å². The second-order valence-electron chi connectivity index (χ2n) is 3.56. The monoisotopic (exact) mass is 301 g/mol. The number of halogens is 2. The summed E-state index contributed by atoms with van der Waals surface area (Å²) in [5.41, 5.74) is 0.558. The van der Waals surface area contributed by atoms with Crippen LogP contribution >= 0.6 is 35.0 Å². The van der Waals surface area contributed by atoms with Gasteiger partial charge in [-0.3, -0.25) is 14.5 Å². The van der Waals surface area contributed by atoms with Crippen LogP contribution in [0.2, 0.25) is 10.0 Å². The van der Waals surface area contributed by atoms with Crippen molar-refractivity contribution in [1.29, 1.82) is 0 Å². The second-order valence-corrected chi connectivity index (χ2v) is 5.37. The molecule has 0 N–H and O–H groups in total. The van der Waals surface area contributed by atoms with E-state index in [4.69, 9.17) is 23.2 Å². The number of carbonyl (C=O) groups excluding carboxylic acids is 2. The molecule has 1 fully saturated rings. The van der Waals surface area contributed by atoms with E-state index in [9.17, 15) is 9.59 Å². The number of benzene rings is 1. The molecule has 0 saturated carbocycles. The van der Waals surface area contributed by atoms with Crippen molar-refractivity contribution in [2.75, 3.05) is 6.54 Å². The van der Waals surface area contributed by atoms with Gasteiger partial charge in [0.2, 0.25) is 0 Å². The highest BCUT2D eigenvalue weighted by Crippen LogP contribution is 2.35. The van der Waals surface area contributed by atoms with Gasteiger partial charge < -0.3 is 0 Å². The average Bonchev–Trinajstić information content (AvgIpc) is 2.59. The summed E-state index contributed by atoms with van der Waals surface area (Å²) in [5, 5.41) is 0.633. The van der Waals surface area contributed by atoms with Crippen molar-refractivity contribution in [2.45, 2.75) is 6.92 Å². The lowest BCUT2D eigenvalue weighted by molar-refractivity contribution is -0.122. The molecule has 18 heavy (non-hydrogen) atoms. The van der Waals surface area contributed by atoms with Crippen LogP contribution in [0.5, 0.6) is 0 Å². The lowest BCUT2D eigenvalue weighted by atomic mass is 10.2. The zero-order valence-electron chi connectivity index (χ0n) is 9.44. The highest BCUT2D eigenvalue weighted by atomic mass is 35.5. The molecule has 0 spiro atoms. The topological polar surface area (TPSA) is 37.4 Å². The lowest BCUT2D eigenvalue weighted by Crippen LogP contribution is -2.27. The van der Waals surface area contributed by atoms with Crippen LogP contribution < -0.4 is 0 Å². The third-order valence-corrected chi connectivity index (χ3v) is 4.03. The van der Waals surface area contributed by atoms with Crippen LogP contribution in [0.3, 0.4) is 0 Å². The van der Waals surface area contributed by atoms with Crippen molar-refractivity contribution in [3.05, 3.63) is 38.7 Å². The predicted molar refractivity (Wildman–Crippen MR) is 74.8 cm³/mol. The summed E-state index contributed by atoms with van der Waals surface area (Å²) in [4.78, 5) is 25.0. The molecule has 2 amide bonds. The normalized spacial score (nSPS) is 17.9. The largest absolute Gasteiger partial charge is 0.293 e. The van der Waals surface area contributed by atoms with Gasteiger partial charge in [0.25, 0.3) is 11.1 Å². The molecule has 94 valence electrons. The maximum atomic E-state index is 11.9. The van der Waals surface area contributed by atoms with Crippen molar-refractivity contribution in [1.82, 2.24) is 4.90 Å². The van der Waals surface area contributed by atoms with Crippen LogP contribution in [0.25, 0.3) is 6.08 Å². The Morgan fingerprint density at radius 3 is 2.39 bits per heavy atom. The van der Waals surface area contributed by atoms with Gasteiger partial charge in [-0.05, 0) is 36.9 Å². The number of likely N-dealkylation sites (N-methyl/N-ethyl adjacent to an activating group) is 1. The fourth-order valence-corrected chi connectivity index (χ4v) is 2.94. The van der Waals surface area contributed by atoms with Gasteiger partial charge in [-0.1, -0.05) is 29.3 Å². The van der Waals surface area contributed by atoms with Crippen molar-refractivity contribution in [3.63, 3.8) is 0 Å². The van der Waals surface area contributed by atoms with Gasteiger partial charge in [-0.2, -0.15) is 0 Å². The number of imide groups is 1. The standard InChI is InChI=1S/C12H9Cl2NO2S/c1-2-15-11(16)10(18-12(15)17)6-7-8(13)4-3-5-9(7)14/h3-6H,2H2,1H3/b10-6-. The molecule has 1 aromatic carbocycles. The Balaban J connectivity index is 2.41. The highest BCUT2D eigenvalue weighted by Gasteiger charge is 2.33. The van der Waals surface area contributed by atoms with Gasteiger partial charge in [-0.25, -0.2) is 0 Å². The van der Waals surface area contributed by atoms with E-state index < -0.39 is 0 Å². The van der Waals surface area contributed by atoms with Crippen LogP contribution in [0.1, 0.15) is 12.5 Å². The van der Waals surface area contributed by atoms with Crippen LogP contribution in [-0.2, 0) is 4.79 Å². The average molecular weight is 302 g/mol. The molecule has 1 aliphatic heterocycles. The van der Waals surface area contributed by atoms with Crippen LogP contribution in [0.4, 0.5) is 4.79 Å². The molecule has 1 heterocycles. The molecule has 0 unspecified atom stereocenters. The third-order valence-electron chi connectivity index (χ3n) is 2.46. The quantitative estimate of drug-likeness (QED) is 0.773. The van der Waals surface area contributed by atoms with E-state index in [1.165, 1.54) is 4.90 Å². The molecular formula is C12H9Cl2NO2S. The third kappa shape index (κ3) is 2.41. The first kappa shape index (κ1) is 13.5. The van der Waals surface area contributed by atoms with Gasteiger partial charge in [0, 0.05) is 22.2 Å². The fourth-order valence-electron chi connectivity index (χ4n) is 1.55. The van der Waals surface area contributed by atoms with E-state index in [0.29, 0.717) is 27.1 Å². The highest BCUT2D eigenvalue weighted by molar-refractivity contribution is 8.18. The van der Waals surface area contributed by atoms with Gasteiger partial charge in [-0.15, -0.1) is 0 Å². The van der Waals surface area contributed by atoms with Crippen molar-refractivity contribution in [3.8, 4) is 0 Å². The summed E-state index contributed by atoms with van der Waals surface area (Å²) in [6.45, 7) is 2.11. The molecule has 3 nitrogen and oxygen atoms in total. The Morgan fingerprint density at radius 1 is 1.28 bits per heavy atom. The molecule has 0 aliphatic carbocycles. The number of nitrogens with zero attached hydrogens (tertiary/aromatic N) is 1. The summed E-state index contributed by atoms with van der Waals surface area (Å²) >= 11 is 12.9. The molecule has 1 saturated heterocycles. The van der Waals surface area contributed by atoms with Gasteiger partial charge in [0.15, 0.2) is 0 Å². The summed E-state index contributed by atoms with van der Waals surface area (Å²) in [6.07, 6.45) is 1.56. The number of amides is 2. The Bertz CT molecular complexity index is 537. The van der Waals surface area contributed by atoms with Crippen molar-refractivity contribution < 1.29 is 9.59 Å². The van der Waals surface area contributed by atoms with Crippen LogP contribution in [-0.4, -0.2) is 22.6 Å². The number of thioether (sulfide) groups is 1. The van der Waals surface area contributed by atoms with E-state index in [1.54, 1.807) is 31.2 Å². The number of hydrogen-bond acceptors (Lipinski definition) is 3. The summed E-state index contributed by atoms with van der Waals surface area (Å²) < 4.78 is 0. The Labute approximate surface area is 119 Å². The molecular weight excluding hydrogens is 293 g/mol. The van der Waals surface area contributed by atoms with Gasteiger partial charge in [0.1, 0.15) is 0 Å². The minimum Gasteiger partial charge on any atom is -0.269 e. The molecule has 0 bridgehead atoms. The Kier molecular flexibility index (Phi) is 4.00. The molecule has 0 radical (unpaired) electrons. The summed E-state index contributed by atoms with van der Waals surface area (Å²) in [5.74, 6) is -0.302. The molecule has 1 aromatic rings. The zero-order chi connectivity index (χ0) is 13.3. The number of rotatable bonds is 2. The molecule has 6 heteroatoms. The first-order chi connectivity index (χ1) is 8.54. The van der Waals surface area contributed by atoms with Crippen molar-refractivity contribution >= 4 is 52.2 Å². The second kappa shape index (κ2) is 5.34. The van der Waals surface area contributed by atoms with E-state index in [0.717, 1.165) is 11.8 Å². The SMILES string of the molecule is CCN1C(=O)S/C(=C\c2c(Cl)cccc2Cl)C1=O. The Morgan fingerprint density at radius 2 is 1.89 bits per heavy atom. The number of hydrogen-bond donors (Lipinski definition) is 0. The minimum atomic E-state index is -0.302. The molecule has 2 rings (SSSR count). The minimum absolute atomic E-state index is 0.267. The fraction of sp³-hybridized carbons (Fsp3) is 0.167. The Hall–Kier alpha value is -0.970. The summed E-state index contributed by atoms with van der Waals surface area (Å²) in [7, 11) is 0. The zero-order valence-corrected chi connectivity index (χ0v) is 11.8. The van der Waals surface area contributed by atoms with Gasteiger partial charge >= 0.3 is 0 Å². The van der Waals surface area contributed by atoms with Crippen LogP contribution in [0, 0.1) is 0 Å². The first-order valence-electron chi connectivity index (χ1n) is 5.24. The molecule has 0 atom stereocenters. The summed E-state index contributed by atoms with van der Waals surface area (Å²) in [6, 6.07) is 5.09. The lowest BCUT2D eigenvalue weighted by Gasteiger charge is -2.07.